The molecular weight excluding hydrogens is 370 g/mol. The highest BCUT2D eigenvalue weighted by Crippen LogP contribution is 2.26. The molecule has 1 atom stereocenters. The Hall–Kier alpha value is -3.61. The molecule has 3 aromatic rings. The molecule has 1 aliphatic rings. The number of hydrogen-bond acceptors (Lipinski definition) is 4. The highest BCUT2D eigenvalue weighted by Gasteiger charge is 2.35. The van der Waals surface area contributed by atoms with Crippen molar-refractivity contribution in [3.8, 4) is 0 Å². The maximum atomic E-state index is 12.5. The summed E-state index contributed by atoms with van der Waals surface area (Å²) in [7, 11) is 0. The maximum Gasteiger partial charge on any atom is 0.305 e. The van der Waals surface area contributed by atoms with E-state index in [9.17, 15) is 14.4 Å². The third-order valence-corrected chi connectivity index (χ3v) is 5.19. The average Bonchev–Trinajstić information content (AvgIpc) is 3.27. The van der Waals surface area contributed by atoms with Crippen molar-refractivity contribution in [2.24, 2.45) is 5.92 Å². The topological polar surface area (TPSA) is 91.7 Å². The molecule has 2 heterocycles. The number of rotatable bonds is 3. The number of furan rings is 1. The SMILES string of the molecule is Cc1ccc(N2C[C@H](C(=O)NNC(=O)c3oc4ccccc4c3C)CC2=O)cc1. The summed E-state index contributed by atoms with van der Waals surface area (Å²) < 4.78 is 5.59. The third-order valence-electron chi connectivity index (χ3n) is 5.19. The number of benzene rings is 2. The Kier molecular flexibility index (Phi) is 4.80. The van der Waals surface area contributed by atoms with Crippen molar-refractivity contribution < 1.29 is 18.8 Å². The molecule has 1 aromatic heterocycles. The number of hydrazine groups is 1. The van der Waals surface area contributed by atoms with E-state index in [1.807, 2.05) is 49.4 Å². The number of amides is 3. The zero-order chi connectivity index (χ0) is 20.5. The molecule has 1 aliphatic heterocycles. The minimum absolute atomic E-state index is 0.0965. The van der Waals surface area contributed by atoms with Crippen LogP contribution >= 0.6 is 0 Å². The van der Waals surface area contributed by atoms with Crippen LogP contribution in [-0.2, 0) is 9.59 Å². The van der Waals surface area contributed by atoms with E-state index in [0.29, 0.717) is 11.1 Å². The number of carbonyl (C=O) groups excluding carboxylic acids is 3. The molecule has 0 spiro atoms. The highest BCUT2D eigenvalue weighted by molar-refractivity contribution is 6.02. The average molecular weight is 391 g/mol. The lowest BCUT2D eigenvalue weighted by atomic mass is 10.1. The maximum absolute atomic E-state index is 12.5. The van der Waals surface area contributed by atoms with E-state index < -0.39 is 17.7 Å². The molecule has 0 radical (unpaired) electrons. The normalized spacial score (nSPS) is 16.3. The minimum Gasteiger partial charge on any atom is -0.451 e. The number of nitrogens with one attached hydrogen (secondary N) is 2. The smallest absolute Gasteiger partial charge is 0.305 e. The zero-order valence-electron chi connectivity index (χ0n) is 16.2. The van der Waals surface area contributed by atoms with Crippen LogP contribution in [0.15, 0.2) is 52.9 Å². The summed E-state index contributed by atoms with van der Waals surface area (Å²) in [6.45, 7) is 4.03. The van der Waals surface area contributed by atoms with Crippen molar-refractivity contribution in [2.45, 2.75) is 20.3 Å². The fraction of sp³-hybridized carbons (Fsp3) is 0.227. The van der Waals surface area contributed by atoms with Crippen molar-refractivity contribution in [3.63, 3.8) is 0 Å². The predicted octanol–water partition coefficient (Wildman–Crippen LogP) is 2.86. The van der Waals surface area contributed by atoms with Gasteiger partial charge in [0.15, 0.2) is 5.76 Å². The Morgan fingerprint density at radius 3 is 2.48 bits per heavy atom. The van der Waals surface area contributed by atoms with Gasteiger partial charge in [0, 0.05) is 29.6 Å². The number of aryl methyl sites for hydroxylation is 2. The summed E-state index contributed by atoms with van der Waals surface area (Å²) in [4.78, 5) is 38.8. The third kappa shape index (κ3) is 3.59. The van der Waals surface area contributed by atoms with Crippen LogP contribution in [0.3, 0.4) is 0 Å². The molecule has 148 valence electrons. The molecule has 2 N–H and O–H groups in total. The number of nitrogens with zero attached hydrogens (tertiary/aromatic N) is 1. The number of anilines is 1. The van der Waals surface area contributed by atoms with Gasteiger partial charge in [0.25, 0.3) is 0 Å². The van der Waals surface area contributed by atoms with Crippen LogP contribution in [-0.4, -0.2) is 24.3 Å². The summed E-state index contributed by atoms with van der Waals surface area (Å²) in [5.41, 5.74) is 7.98. The van der Waals surface area contributed by atoms with Gasteiger partial charge in [-0.2, -0.15) is 0 Å². The first-order valence-electron chi connectivity index (χ1n) is 9.39. The van der Waals surface area contributed by atoms with Gasteiger partial charge < -0.3 is 9.32 Å². The van der Waals surface area contributed by atoms with Crippen LogP contribution in [0.5, 0.6) is 0 Å². The van der Waals surface area contributed by atoms with Gasteiger partial charge in [-0.15, -0.1) is 0 Å². The molecule has 1 saturated heterocycles. The fourth-order valence-electron chi connectivity index (χ4n) is 3.53. The van der Waals surface area contributed by atoms with Gasteiger partial charge in [0.1, 0.15) is 5.58 Å². The zero-order valence-corrected chi connectivity index (χ0v) is 16.2. The predicted molar refractivity (Wildman–Crippen MR) is 108 cm³/mol. The first-order valence-corrected chi connectivity index (χ1v) is 9.39. The van der Waals surface area contributed by atoms with E-state index in [1.165, 1.54) is 0 Å². The summed E-state index contributed by atoms with van der Waals surface area (Å²) >= 11 is 0. The van der Waals surface area contributed by atoms with E-state index >= 15 is 0 Å². The van der Waals surface area contributed by atoms with Crippen LogP contribution in [0.2, 0.25) is 0 Å². The van der Waals surface area contributed by atoms with Gasteiger partial charge in [-0.05, 0) is 32.0 Å². The Morgan fingerprint density at radius 2 is 1.76 bits per heavy atom. The molecule has 3 amide bonds. The Balaban J connectivity index is 1.39. The van der Waals surface area contributed by atoms with Gasteiger partial charge >= 0.3 is 5.91 Å². The van der Waals surface area contributed by atoms with Gasteiger partial charge in [-0.1, -0.05) is 35.9 Å². The second-order valence-electron chi connectivity index (χ2n) is 7.24. The van der Waals surface area contributed by atoms with Crippen LogP contribution in [0.1, 0.15) is 28.1 Å². The number of fused-ring (bicyclic) bond motifs is 1. The lowest BCUT2D eigenvalue weighted by Gasteiger charge is -2.17. The van der Waals surface area contributed by atoms with E-state index in [0.717, 1.165) is 16.6 Å². The van der Waals surface area contributed by atoms with Crippen molar-refractivity contribution in [1.82, 2.24) is 10.9 Å². The molecule has 2 aromatic carbocycles. The van der Waals surface area contributed by atoms with Crippen LogP contribution < -0.4 is 15.8 Å². The van der Waals surface area contributed by atoms with E-state index in [-0.39, 0.29) is 24.6 Å². The molecule has 7 heteroatoms. The van der Waals surface area contributed by atoms with Gasteiger partial charge in [0.05, 0.1) is 5.92 Å². The molecule has 0 aliphatic carbocycles. The molecule has 0 unspecified atom stereocenters. The second-order valence-corrected chi connectivity index (χ2v) is 7.24. The molecule has 4 rings (SSSR count). The molecule has 0 saturated carbocycles. The quantitative estimate of drug-likeness (QED) is 0.672. The van der Waals surface area contributed by atoms with Gasteiger partial charge in [-0.25, -0.2) is 0 Å². The summed E-state index contributed by atoms with van der Waals surface area (Å²) in [6.07, 6.45) is 0.0965. The number of hydrogen-bond donors (Lipinski definition) is 2. The lowest BCUT2D eigenvalue weighted by Crippen LogP contribution is -2.45. The Morgan fingerprint density at radius 1 is 1.03 bits per heavy atom. The van der Waals surface area contributed by atoms with Gasteiger partial charge in [0.2, 0.25) is 11.8 Å². The van der Waals surface area contributed by atoms with Crippen molar-refractivity contribution in [2.75, 3.05) is 11.4 Å². The summed E-state index contributed by atoms with van der Waals surface area (Å²) in [5.74, 6) is -1.45. The second kappa shape index (κ2) is 7.43. The van der Waals surface area contributed by atoms with E-state index in [4.69, 9.17) is 4.42 Å². The summed E-state index contributed by atoms with van der Waals surface area (Å²) in [5, 5.41) is 0.846. The standard InChI is InChI=1S/C22H21N3O4/c1-13-7-9-16(10-8-13)25-12-15(11-19(25)26)21(27)23-24-22(28)20-14(2)17-5-3-4-6-18(17)29-20/h3-10,15H,11-12H2,1-2H3,(H,23,27)(H,24,28)/t15-/m1/s1. The van der Waals surface area contributed by atoms with Crippen LogP contribution in [0, 0.1) is 19.8 Å². The van der Waals surface area contributed by atoms with E-state index in [1.54, 1.807) is 17.9 Å². The minimum atomic E-state index is -0.541. The summed E-state index contributed by atoms with van der Waals surface area (Å²) in [6, 6.07) is 14.9. The van der Waals surface area contributed by atoms with Crippen molar-refractivity contribution in [1.29, 1.82) is 0 Å². The van der Waals surface area contributed by atoms with E-state index in [2.05, 4.69) is 10.9 Å². The largest absolute Gasteiger partial charge is 0.451 e. The monoisotopic (exact) mass is 391 g/mol. The van der Waals surface area contributed by atoms with Crippen LogP contribution in [0.4, 0.5) is 5.69 Å². The number of carbonyl (C=O) groups is 3. The molecule has 1 fully saturated rings. The van der Waals surface area contributed by atoms with Crippen molar-refractivity contribution >= 4 is 34.4 Å². The highest BCUT2D eigenvalue weighted by atomic mass is 16.3. The molecule has 7 nitrogen and oxygen atoms in total. The fourth-order valence-corrected chi connectivity index (χ4v) is 3.53. The molecular formula is C22H21N3O4. The Labute approximate surface area is 167 Å². The van der Waals surface area contributed by atoms with Crippen molar-refractivity contribution in [3.05, 3.63) is 65.4 Å². The van der Waals surface area contributed by atoms with Gasteiger partial charge in [-0.3, -0.25) is 25.2 Å². The first-order chi connectivity index (χ1) is 13.9. The lowest BCUT2D eigenvalue weighted by molar-refractivity contribution is -0.126. The number of para-hydroxylation sites is 1. The molecule has 0 bridgehead atoms. The Bertz CT molecular complexity index is 1100. The first kappa shape index (κ1) is 18.7. The van der Waals surface area contributed by atoms with Crippen LogP contribution in [0.25, 0.3) is 11.0 Å². The molecule has 29 heavy (non-hydrogen) atoms.